The van der Waals surface area contributed by atoms with E-state index in [-0.39, 0.29) is 35.4 Å². The number of carbonyl (C=O) groups is 3. The Bertz CT molecular complexity index is 939. The number of sulfonamides is 1. The number of hydrogen-bond donors (Lipinski definition) is 1. The Hall–Kier alpha value is -2.50. The van der Waals surface area contributed by atoms with Crippen LogP contribution >= 0.6 is 0 Å². The Morgan fingerprint density at radius 1 is 1.15 bits per heavy atom. The van der Waals surface area contributed by atoms with Crippen LogP contribution in [0.5, 0.6) is 0 Å². The number of likely N-dealkylation sites (N-methyl/N-ethyl adjacent to an activating group) is 1. The monoisotopic (exact) mass is 483 g/mol. The number of carbonyl (C=O) groups excluding carboxylic acids is 3. The van der Waals surface area contributed by atoms with Gasteiger partial charge in [0.25, 0.3) is 11.8 Å². The maximum Gasteiger partial charge on any atom is 0.329 e. The first-order chi connectivity index (χ1) is 15.6. The summed E-state index contributed by atoms with van der Waals surface area (Å²) < 4.78 is 37.4. The highest BCUT2D eigenvalue weighted by Crippen LogP contribution is 2.19. The molecule has 1 aromatic rings. The van der Waals surface area contributed by atoms with E-state index in [2.05, 4.69) is 5.32 Å². The van der Waals surface area contributed by atoms with Crippen molar-refractivity contribution in [3.05, 3.63) is 29.8 Å². The van der Waals surface area contributed by atoms with E-state index in [4.69, 9.17) is 9.47 Å². The number of esters is 1. The number of nitrogens with zero attached hydrogens (tertiary/aromatic N) is 2. The zero-order valence-corrected chi connectivity index (χ0v) is 20.4. The van der Waals surface area contributed by atoms with Crippen molar-refractivity contribution in [3.63, 3.8) is 0 Å². The molecule has 11 heteroatoms. The molecule has 0 radical (unpaired) electrons. The molecule has 1 heterocycles. The van der Waals surface area contributed by atoms with Crippen LogP contribution in [0.4, 0.5) is 0 Å². The van der Waals surface area contributed by atoms with Crippen LogP contribution in [0.2, 0.25) is 0 Å². The molecule has 1 fully saturated rings. The average Bonchev–Trinajstić information content (AvgIpc) is 2.82. The van der Waals surface area contributed by atoms with Gasteiger partial charge in [-0.2, -0.15) is 4.31 Å². The minimum Gasteiger partial charge on any atom is -0.454 e. The lowest BCUT2D eigenvalue weighted by Crippen LogP contribution is -2.46. The van der Waals surface area contributed by atoms with Gasteiger partial charge < -0.3 is 19.7 Å². The van der Waals surface area contributed by atoms with Crippen LogP contribution in [0.15, 0.2) is 29.2 Å². The third-order valence-corrected chi connectivity index (χ3v) is 7.26. The quantitative estimate of drug-likeness (QED) is 0.490. The van der Waals surface area contributed by atoms with Gasteiger partial charge in [-0.1, -0.05) is 19.9 Å². The van der Waals surface area contributed by atoms with E-state index >= 15 is 0 Å². The van der Waals surface area contributed by atoms with E-state index < -0.39 is 34.5 Å². The average molecular weight is 484 g/mol. The number of ether oxygens (including phenoxy) is 2. The zero-order chi connectivity index (χ0) is 24.6. The molecular formula is C22H33N3O7S. The summed E-state index contributed by atoms with van der Waals surface area (Å²) in [4.78, 5) is 39.0. The molecule has 1 atom stereocenters. The maximum atomic E-state index is 12.9. The number of nitrogens with one attached hydrogen (secondary N) is 1. The van der Waals surface area contributed by atoms with Gasteiger partial charge in [0.2, 0.25) is 10.0 Å². The van der Waals surface area contributed by atoms with Crippen molar-refractivity contribution < 1.29 is 32.3 Å². The lowest BCUT2D eigenvalue weighted by atomic mass is 10.0. The fraction of sp³-hybridized carbons (Fsp3) is 0.591. The molecule has 0 saturated carbocycles. The number of amides is 2. The molecule has 10 nitrogen and oxygen atoms in total. The van der Waals surface area contributed by atoms with Gasteiger partial charge in [0.15, 0.2) is 6.61 Å². The highest BCUT2D eigenvalue weighted by atomic mass is 32.2. The summed E-state index contributed by atoms with van der Waals surface area (Å²) in [7, 11) is -3.77. The molecule has 2 amide bonds. The minimum atomic E-state index is -3.77. The largest absolute Gasteiger partial charge is 0.454 e. The predicted octanol–water partition coefficient (Wildman–Crippen LogP) is 0.874. The zero-order valence-electron chi connectivity index (χ0n) is 19.6. The van der Waals surface area contributed by atoms with Crippen molar-refractivity contribution in [3.8, 4) is 0 Å². The SMILES string of the molecule is CCN(CC)C(=O)COC(=O)[C@@H](NC(=O)c1cccc(S(=O)(=O)N2CCOCC2)c1)C(C)C. The molecule has 1 aliphatic heterocycles. The molecule has 184 valence electrons. The maximum absolute atomic E-state index is 12.9. The van der Waals surface area contributed by atoms with E-state index in [1.165, 1.54) is 33.5 Å². The van der Waals surface area contributed by atoms with Crippen LogP contribution in [0.3, 0.4) is 0 Å². The van der Waals surface area contributed by atoms with Gasteiger partial charge in [-0.25, -0.2) is 13.2 Å². The molecule has 0 bridgehead atoms. The Morgan fingerprint density at radius 2 is 1.79 bits per heavy atom. The number of rotatable bonds is 10. The molecule has 0 aliphatic carbocycles. The van der Waals surface area contributed by atoms with Gasteiger partial charge in [0.05, 0.1) is 18.1 Å². The molecule has 2 rings (SSSR count). The molecule has 0 aromatic heterocycles. The van der Waals surface area contributed by atoms with Crippen LogP contribution < -0.4 is 5.32 Å². The van der Waals surface area contributed by atoms with E-state index in [1.807, 2.05) is 13.8 Å². The van der Waals surface area contributed by atoms with Crippen molar-refractivity contribution in [2.24, 2.45) is 5.92 Å². The van der Waals surface area contributed by atoms with E-state index in [1.54, 1.807) is 13.8 Å². The Balaban J connectivity index is 2.10. The van der Waals surface area contributed by atoms with Gasteiger partial charge in [0.1, 0.15) is 6.04 Å². The van der Waals surface area contributed by atoms with E-state index in [0.717, 1.165) is 0 Å². The summed E-state index contributed by atoms with van der Waals surface area (Å²) >= 11 is 0. The first kappa shape index (κ1) is 26.7. The van der Waals surface area contributed by atoms with Gasteiger partial charge in [0, 0.05) is 31.7 Å². The van der Waals surface area contributed by atoms with E-state index in [0.29, 0.717) is 26.3 Å². The van der Waals surface area contributed by atoms with Crippen molar-refractivity contribution in [2.75, 3.05) is 46.0 Å². The second kappa shape index (κ2) is 12.1. The van der Waals surface area contributed by atoms with E-state index in [9.17, 15) is 22.8 Å². The molecule has 33 heavy (non-hydrogen) atoms. The molecule has 1 N–H and O–H groups in total. The third-order valence-electron chi connectivity index (χ3n) is 5.37. The van der Waals surface area contributed by atoms with Crippen molar-refractivity contribution in [1.82, 2.24) is 14.5 Å². The second-order valence-electron chi connectivity index (χ2n) is 7.91. The second-order valence-corrected chi connectivity index (χ2v) is 9.85. The third kappa shape index (κ3) is 6.99. The molecule has 1 aliphatic rings. The highest BCUT2D eigenvalue weighted by molar-refractivity contribution is 7.89. The summed E-state index contributed by atoms with van der Waals surface area (Å²) in [6, 6.07) is 4.66. The molecule has 0 spiro atoms. The Labute approximate surface area is 195 Å². The molecule has 0 unspecified atom stereocenters. The summed E-state index contributed by atoms with van der Waals surface area (Å²) in [6.45, 7) is 8.83. The number of hydrogen-bond acceptors (Lipinski definition) is 7. The number of morpholine rings is 1. The Kier molecular flexibility index (Phi) is 9.81. The standard InChI is InChI=1S/C22H33N3O7S/c1-5-24(6-2)19(26)15-32-22(28)20(16(3)4)23-21(27)17-8-7-9-18(14-17)33(29,30)25-10-12-31-13-11-25/h7-9,14,16,20H,5-6,10-13,15H2,1-4H3,(H,23,27)/t20-/m0/s1. The van der Waals surface area contributed by atoms with Crippen LogP contribution in [0.25, 0.3) is 0 Å². The van der Waals surface area contributed by atoms with Crippen LogP contribution in [-0.4, -0.2) is 87.4 Å². The summed E-state index contributed by atoms with van der Waals surface area (Å²) in [6.07, 6.45) is 0. The first-order valence-corrected chi connectivity index (χ1v) is 12.5. The lowest BCUT2D eigenvalue weighted by molar-refractivity contribution is -0.154. The Morgan fingerprint density at radius 3 is 2.36 bits per heavy atom. The summed E-state index contributed by atoms with van der Waals surface area (Å²) in [5.41, 5.74) is 0.0991. The molecule has 1 aromatic carbocycles. The fourth-order valence-corrected chi connectivity index (χ4v) is 4.80. The predicted molar refractivity (Wildman–Crippen MR) is 121 cm³/mol. The van der Waals surface area contributed by atoms with Crippen molar-refractivity contribution in [1.29, 1.82) is 0 Å². The minimum absolute atomic E-state index is 0.00876. The fourth-order valence-electron chi connectivity index (χ4n) is 3.35. The molecular weight excluding hydrogens is 450 g/mol. The van der Waals surface area contributed by atoms with Gasteiger partial charge in [-0.3, -0.25) is 9.59 Å². The molecule has 1 saturated heterocycles. The van der Waals surface area contributed by atoms with Crippen LogP contribution in [0, 0.1) is 5.92 Å². The highest BCUT2D eigenvalue weighted by Gasteiger charge is 2.29. The van der Waals surface area contributed by atoms with Crippen LogP contribution in [0.1, 0.15) is 38.1 Å². The van der Waals surface area contributed by atoms with Gasteiger partial charge in [-0.15, -0.1) is 0 Å². The van der Waals surface area contributed by atoms with Gasteiger partial charge >= 0.3 is 5.97 Å². The smallest absolute Gasteiger partial charge is 0.329 e. The summed E-state index contributed by atoms with van der Waals surface area (Å²) in [5, 5.41) is 2.60. The van der Waals surface area contributed by atoms with Crippen molar-refractivity contribution in [2.45, 2.75) is 38.6 Å². The normalized spacial score (nSPS) is 15.7. The summed E-state index contributed by atoms with van der Waals surface area (Å²) in [5.74, 6) is -1.97. The lowest BCUT2D eigenvalue weighted by Gasteiger charge is -2.26. The topological polar surface area (TPSA) is 122 Å². The van der Waals surface area contributed by atoms with Crippen molar-refractivity contribution >= 4 is 27.8 Å². The first-order valence-electron chi connectivity index (χ1n) is 11.0. The number of benzene rings is 1. The van der Waals surface area contributed by atoms with Gasteiger partial charge in [-0.05, 0) is 38.0 Å². The van der Waals surface area contributed by atoms with Crippen LogP contribution in [-0.2, 0) is 29.1 Å².